The maximum atomic E-state index is 13.2. The summed E-state index contributed by atoms with van der Waals surface area (Å²) < 4.78 is 55.3. The van der Waals surface area contributed by atoms with Crippen LogP contribution in [0, 0.1) is 0 Å². The van der Waals surface area contributed by atoms with E-state index in [9.17, 15) is 26.4 Å². The Morgan fingerprint density at radius 3 is 1.20 bits per heavy atom. The second kappa shape index (κ2) is 12.0. The molecule has 3 aliphatic rings. The third-order valence-electron chi connectivity index (χ3n) is 7.92. The van der Waals surface area contributed by atoms with Crippen molar-refractivity contribution in [2.45, 2.75) is 48.3 Å². The molecule has 5 rings (SSSR count). The van der Waals surface area contributed by atoms with Crippen LogP contribution in [0.5, 0.6) is 0 Å². The molecule has 0 spiro atoms. The van der Waals surface area contributed by atoms with E-state index in [4.69, 9.17) is 0 Å². The van der Waals surface area contributed by atoms with Crippen molar-refractivity contribution >= 4 is 31.9 Å². The first kappa shape index (κ1) is 28.7. The molecule has 2 amide bonds. The van der Waals surface area contributed by atoms with Gasteiger partial charge in [-0.3, -0.25) is 9.59 Å². The Balaban J connectivity index is 1.23. The van der Waals surface area contributed by atoms with E-state index in [0.29, 0.717) is 63.5 Å². The number of sulfonamides is 2. The van der Waals surface area contributed by atoms with E-state index in [1.54, 1.807) is 34.1 Å². The number of rotatable bonds is 6. The molecule has 0 bridgehead atoms. The first-order valence-electron chi connectivity index (χ1n) is 14.0. The summed E-state index contributed by atoms with van der Waals surface area (Å²) in [5, 5.41) is 0. The molecule has 0 aromatic heterocycles. The van der Waals surface area contributed by atoms with Crippen molar-refractivity contribution in [2.24, 2.45) is 0 Å². The van der Waals surface area contributed by atoms with Gasteiger partial charge in [0, 0.05) is 63.5 Å². The standard InChI is InChI=1S/C28H36N4O6S2/c33-27(23-9-7-11-25(21-23)39(35,36)31-13-3-1-4-14-31)29-17-19-30(20-18-29)28(34)24-10-8-12-26(22-24)40(37,38)32-15-5-2-6-16-32/h7-12,21-22H,1-6,13-20H2. The van der Waals surface area contributed by atoms with Gasteiger partial charge in [-0.05, 0) is 62.1 Å². The van der Waals surface area contributed by atoms with E-state index in [1.807, 2.05) is 0 Å². The maximum absolute atomic E-state index is 13.2. The molecule has 10 nitrogen and oxygen atoms in total. The highest BCUT2D eigenvalue weighted by molar-refractivity contribution is 7.89. The molecule has 216 valence electrons. The van der Waals surface area contributed by atoms with Crippen LogP contribution in [0.4, 0.5) is 0 Å². The third-order valence-corrected chi connectivity index (χ3v) is 11.7. The van der Waals surface area contributed by atoms with Gasteiger partial charge in [0.05, 0.1) is 9.79 Å². The van der Waals surface area contributed by atoms with Crippen LogP contribution in [0.2, 0.25) is 0 Å². The lowest BCUT2D eigenvalue weighted by Gasteiger charge is -2.35. The lowest BCUT2D eigenvalue weighted by atomic mass is 10.1. The van der Waals surface area contributed by atoms with Gasteiger partial charge in [0.15, 0.2) is 0 Å². The van der Waals surface area contributed by atoms with Gasteiger partial charge in [-0.2, -0.15) is 8.61 Å². The first-order chi connectivity index (χ1) is 19.2. The number of piperazine rings is 1. The zero-order valence-corrected chi connectivity index (χ0v) is 24.2. The molecule has 0 unspecified atom stereocenters. The second-order valence-corrected chi connectivity index (χ2v) is 14.4. The highest BCUT2D eigenvalue weighted by Gasteiger charge is 2.30. The van der Waals surface area contributed by atoms with Crippen molar-refractivity contribution < 1.29 is 26.4 Å². The molecule has 40 heavy (non-hydrogen) atoms. The van der Waals surface area contributed by atoms with Crippen molar-refractivity contribution in [1.29, 1.82) is 0 Å². The van der Waals surface area contributed by atoms with Gasteiger partial charge in [-0.25, -0.2) is 16.8 Å². The topological polar surface area (TPSA) is 115 Å². The van der Waals surface area contributed by atoms with Crippen LogP contribution in [-0.4, -0.2) is 99.4 Å². The normalized spacial score (nSPS) is 19.9. The molecular formula is C28H36N4O6S2. The molecule has 0 N–H and O–H groups in total. The lowest BCUT2D eigenvalue weighted by molar-refractivity contribution is 0.0535. The van der Waals surface area contributed by atoms with Gasteiger partial charge in [0.25, 0.3) is 11.8 Å². The zero-order valence-electron chi connectivity index (χ0n) is 22.6. The summed E-state index contributed by atoms with van der Waals surface area (Å²) in [4.78, 5) is 30.0. The number of piperidine rings is 2. The Kier molecular flexibility index (Phi) is 8.60. The fourth-order valence-electron chi connectivity index (χ4n) is 5.57. The molecule has 0 radical (unpaired) electrons. The Morgan fingerprint density at radius 2 is 0.850 bits per heavy atom. The molecule has 2 aromatic carbocycles. The number of nitrogens with zero attached hydrogens (tertiary/aromatic N) is 4. The van der Waals surface area contributed by atoms with E-state index >= 15 is 0 Å². The summed E-state index contributed by atoms with van der Waals surface area (Å²) in [6.07, 6.45) is 5.36. The van der Waals surface area contributed by atoms with Gasteiger partial charge in [-0.1, -0.05) is 25.0 Å². The predicted molar refractivity (Wildman–Crippen MR) is 150 cm³/mol. The van der Waals surface area contributed by atoms with Crippen molar-refractivity contribution in [3.8, 4) is 0 Å². The van der Waals surface area contributed by atoms with Crippen molar-refractivity contribution in [3.63, 3.8) is 0 Å². The van der Waals surface area contributed by atoms with Crippen LogP contribution in [0.15, 0.2) is 58.3 Å². The maximum Gasteiger partial charge on any atom is 0.254 e. The van der Waals surface area contributed by atoms with Gasteiger partial charge >= 0.3 is 0 Å². The molecule has 12 heteroatoms. The summed E-state index contributed by atoms with van der Waals surface area (Å²) in [6.45, 7) is 3.12. The first-order valence-corrected chi connectivity index (χ1v) is 16.8. The average molecular weight is 589 g/mol. The Morgan fingerprint density at radius 1 is 0.500 bits per heavy atom. The van der Waals surface area contributed by atoms with E-state index in [1.165, 1.54) is 32.9 Å². The van der Waals surface area contributed by atoms with Crippen LogP contribution >= 0.6 is 0 Å². The molecule has 0 atom stereocenters. The molecular weight excluding hydrogens is 552 g/mol. The highest BCUT2D eigenvalue weighted by Crippen LogP contribution is 2.24. The minimum Gasteiger partial charge on any atom is -0.335 e. The van der Waals surface area contributed by atoms with Crippen LogP contribution in [0.3, 0.4) is 0 Å². The Bertz CT molecular complexity index is 1350. The molecule has 3 fully saturated rings. The monoisotopic (exact) mass is 588 g/mol. The summed E-state index contributed by atoms with van der Waals surface area (Å²) in [6, 6.07) is 12.3. The predicted octanol–water partition coefficient (Wildman–Crippen LogP) is 2.63. The fraction of sp³-hybridized carbons (Fsp3) is 0.500. The van der Waals surface area contributed by atoms with Crippen molar-refractivity contribution in [3.05, 3.63) is 59.7 Å². The number of benzene rings is 2. The van der Waals surface area contributed by atoms with Gasteiger partial charge in [0.2, 0.25) is 20.0 Å². The number of hydrogen-bond donors (Lipinski definition) is 0. The van der Waals surface area contributed by atoms with Crippen LogP contribution in [0.1, 0.15) is 59.2 Å². The minimum atomic E-state index is -3.66. The summed E-state index contributed by atoms with van der Waals surface area (Å²) in [7, 11) is -7.31. The SMILES string of the molecule is O=C(c1cccc(S(=O)(=O)N2CCCCC2)c1)N1CCN(C(=O)c2cccc(S(=O)(=O)N3CCCCC3)c2)CC1. The van der Waals surface area contributed by atoms with Crippen molar-refractivity contribution in [1.82, 2.24) is 18.4 Å². The quantitative estimate of drug-likeness (QED) is 0.513. The van der Waals surface area contributed by atoms with Crippen LogP contribution in [-0.2, 0) is 20.0 Å². The molecule has 2 aromatic rings. The van der Waals surface area contributed by atoms with Gasteiger partial charge in [0.1, 0.15) is 0 Å². The number of amides is 2. The van der Waals surface area contributed by atoms with E-state index in [-0.39, 0.29) is 21.6 Å². The molecule has 3 heterocycles. The van der Waals surface area contributed by atoms with E-state index < -0.39 is 20.0 Å². The van der Waals surface area contributed by atoms with Gasteiger partial charge in [-0.15, -0.1) is 0 Å². The lowest BCUT2D eigenvalue weighted by Crippen LogP contribution is -2.50. The minimum absolute atomic E-state index is 0.119. The Hall–Kier alpha value is -2.80. The third kappa shape index (κ3) is 5.95. The highest BCUT2D eigenvalue weighted by atomic mass is 32.2. The zero-order chi connectivity index (χ0) is 28.3. The van der Waals surface area contributed by atoms with Crippen molar-refractivity contribution in [2.75, 3.05) is 52.4 Å². The molecule has 0 saturated carbocycles. The van der Waals surface area contributed by atoms with Crippen LogP contribution in [0.25, 0.3) is 0 Å². The summed E-state index contributed by atoms with van der Waals surface area (Å²) in [5.74, 6) is -0.560. The second-order valence-electron chi connectivity index (χ2n) is 10.6. The Labute approximate surface area is 236 Å². The summed E-state index contributed by atoms with van der Waals surface area (Å²) in [5.41, 5.74) is 0.599. The number of hydrogen-bond acceptors (Lipinski definition) is 6. The van der Waals surface area contributed by atoms with Crippen LogP contribution < -0.4 is 0 Å². The molecule has 0 aliphatic carbocycles. The van der Waals surface area contributed by atoms with E-state index in [2.05, 4.69) is 0 Å². The summed E-state index contributed by atoms with van der Waals surface area (Å²) >= 11 is 0. The largest absolute Gasteiger partial charge is 0.335 e. The molecule has 3 saturated heterocycles. The molecule has 3 aliphatic heterocycles. The number of carbonyl (C=O) groups is 2. The average Bonchev–Trinajstić information content (AvgIpc) is 3.01. The fourth-order valence-corrected chi connectivity index (χ4v) is 8.69. The van der Waals surface area contributed by atoms with E-state index in [0.717, 1.165) is 38.5 Å². The van der Waals surface area contributed by atoms with Gasteiger partial charge < -0.3 is 9.80 Å². The smallest absolute Gasteiger partial charge is 0.254 e. The number of carbonyl (C=O) groups excluding carboxylic acids is 2.